The van der Waals surface area contributed by atoms with Crippen molar-refractivity contribution < 1.29 is 18.0 Å². The molecule has 0 radical (unpaired) electrons. The number of aromatic amines is 1. The van der Waals surface area contributed by atoms with Crippen molar-refractivity contribution in [2.24, 2.45) is 0 Å². The van der Waals surface area contributed by atoms with Gasteiger partial charge in [0.05, 0.1) is 23.0 Å². The van der Waals surface area contributed by atoms with Crippen LogP contribution in [0.5, 0.6) is 0 Å². The number of hydrogen-bond donors (Lipinski definition) is 2. The second kappa shape index (κ2) is 5.76. The molecule has 0 aliphatic rings. The molecular weight excluding hydrogens is 327 g/mol. The molecule has 0 fully saturated rings. The van der Waals surface area contributed by atoms with Gasteiger partial charge in [0.2, 0.25) is 5.95 Å². The van der Waals surface area contributed by atoms with Crippen LogP contribution in [0.15, 0.2) is 30.9 Å². The van der Waals surface area contributed by atoms with Crippen molar-refractivity contribution >= 4 is 11.9 Å². The van der Waals surface area contributed by atoms with E-state index in [9.17, 15) is 18.0 Å². The molecule has 3 aromatic rings. The summed E-state index contributed by atoms with van der Waals surface area (Å²) in [5.74, 6) is -0.151. The van der Waals surface area contributed by atoms with Gasteiger partial charge in [-0.2, -0.15) is 28.4 Å². The Hall–Kier alpha value is -3.24. The van der Waals surface area contributed by atoms with Gasteiger partial charge in [0.15, 0.2) is 5.82 Å². The summed E-state index contributed by atoms with van der Waals surface area (Å²) in [5.41, 5.74) is -0.216. The van der Waals surface area contributed by atoms with Crippen molar-refractivity contribution in [1.82, 2.24) is 29.9 Å². The Kier molecular flexibility index (Phi) is 3.75. The summed E-state index contributed by atoms with van der Waals surface area (Å²) >= 11 is 0. The van der Waals surface area contributed by atoms with E-state index in [4.69, 9.17) is 0 Å². The monoisotopic (exact) mass is 337 g/mol. The zero-order valence-corrected chi connectivity index (χ0v) is 12.2. The molecule has 24 heavy (non-hydrogen) atoms. The van der Waals surface area contributed by atoms with Crippen molar-refractivity contribution in [3.8, 4) is 5.82 Å². The Balaban J connectivity index is 1.86. The largest absolute Gasteiger partial charge is 0.417 e. The first-order valence-corrected chi connectivity index (χ1v) is 6.61. The van der Waals surface area contributed by atoms with E-state index < -0.39 is 17.6 Å². The molecule has 11 heteroatoms. The zero-order chi connectivity index (χ0) is 17.3. The maximum absolute atomic E-state index is 12.6. The molecule has 0 saturated carbocycles. The van der Waals surface area contributed by atoms with Crippen LogP contribution in [-0.4, -0.2) is 35.9 Å². The van der Waals surface area contributed by atoms with Crippen molar-refractivity contribution in [2.45, 2.75) is 13.1 Å². The van der Waals surface area contributed by atoms with Crippen LogP contribution in [0.3, 0.4) is 0 Å². The summed E-state index contributed by atoms with van der Waals surface area (Å²) < 4.78 is 39.0. The number of anilines is 1. The number of aromatic nitrogens is 6. The predicted octanol–water partition coefficient (Wildman–Crippen LogP) is 1.96. The van der Waals surface area contributed by atoms with Crippen LogP contribution >= 0.6 is 0 Å². The Bertz CT molecular complexity index is 853. The highest BCUT2D eigenvalue weighted by molar-refractivity contribution is 6.04. The van der Waals surface area contributed by atoms with Crippen LogP contribution in [0.2, 0.25) is 0 Å². The maximum Gasteiger partial charge on any atom is 0.417 e. The third-order valence-corrected chi connectivity index (χ3v) is 3.19. The molecule has 0 aromatic carbocycles. The predicted molar refractivity (Wildman–Crippen MR) is 75.4 cm³/mol. The minimum atomic E-state index is -4.47. The number of halogens is 3. The lowest BCUT2D eigenvalue weighted by Gasteiger charge is -2.08. The number of amides is 1. The average Bonchev–Trinajstić information content (AvgIpc) is 3.16. The number of carbonyl (C=O) groups is 1. The number of carbonyl (C=O) groups excluding carboxylic acids is 1. The highest BCUT2D eigenvalue weighted by Gasteiger charge is 2.30. The van der Waals surface area contributed by atoms with Crippen molar-refractivity contribution in [3.05, 3.63) is 47.7 Å². The van der Waals surface area contributed by atoms with Crippen LogP contribution < -0.4 is 5.32 Å². The number of nitrogens with one attached hydrogen (secondary N) is 2. The summed E-state index contributed by atoms with van der Waals surface area (Å²) in [7, 11) is 0. The molecule has 2 N–H and O–H groups in total. The Morgan fingerprint density at radius 2 is 2.04 bits per heavy atom. The summed E-state index contributed by atoms with van der Waals surface area (Å²) in [4.78, 5) is 19.7. The topological polar surface area (TPSA) is 101 Å². The standard InChI is InChI=1S/C13H10F3N7O/c1-7-9(11(24)21-12-18-6-19-22-12)5-20-23(7)10-3-2-8(4-17-10)13(14,15)16/h2-6H,1H3,(H2,18,19,21,22,24). The van der Waals surface area contributed by atoms with Gasteiger partial charge in [-0.1, -0.05) is 0 Å². The smallest absolute Gasteiger partial charge is 0.291 e. The molecule has 0 saturated heterocycles. The number of nitrogens with zero attached hydrogens (tertiary/aromatic N) is 5. The summed E-state index contributed by atoms with van der Waals surface area (Å²) in [6.07, 6.45) is -1.23. The van der Waals surface area contributed by atoms with E-state index in [0.717, 1.165) is 6.07 Å². The summed E-state index contributed by atoms with van der Waals surface area (Å²) in [5, 5.41) is 12.6. The molecule has 0 bridgehead atoms. The van der Waals surface area contributed by atoms with Gasteiger partial charge in [0.25, 0.3) is 5.91 Å². The molecule has 3 heterocycles. The highest BCUT2D eigenvalue weighted by atomic mass is 19.4. The normalized spacial score (nSPS) is 11.5. The number of H-pyrrole nitrogens is 1. The molecular formula is C13H10F3N7O. The molecule has 3 aromatic heterocycles. The second-order valence-corrected chi connectivity index (χ2v) is 4.75. The minimum Gasteiger partial charge on any atom is -0.291 e. The molecule has 1 amide bonds. The van der Waals surface area contributed by atoms with Gasteiger partial charge < -0.3 is 0 Å². The van der Waals surface area contributed by atoms with Gasteiger partial charge in [-0.15, -0.1) is 0 Å². The lowest BCUT2D eigenvalue weighted by molar-refractivity contribution is -0.137. The minimum absolute atomic E-state index is 0.166. The first-order valence-electron chi connectivity index (χ1n) is 6.61. The van der Waals surface area contributed by atoms with E-state index in [1.165, 1.54) is 23.3 Å². The Morgan fingerprint density at radius 3 is 2.62 bits per heavy atom. The van der Waals surface area contributed by atoms with E-state index >= 15 is 0 Å². The number of pyridine rings is 1. The first-order chi connectivity index (χ1) is 11.4. The number of rotatable bonds is 3. The maximum atomic E-state index is 12.6. The first kappa shape index (κ1) is 15.6. The Labute approximate surface area is 132 Å². The Morgan fingerprint density at radius 1 is 1.25 bits per heavy atom. The fourth-order valence-corrected chi connectivity index (χ4v) is 1.98. The van der Waals surface area contributed by atoms with Crippen LogP contribution in [0.1, 0.15) is 21.6 Å². The van der Waals surface area contributed by atoms with Crippen molar-refractivity contribution in [2.75, 3.05) is 5.32 Å². The molecule has 0 atom stereocenters. The fourth-order valence-electron chi connectivity index (χ4n) is 1.98. The number of hydrogen-bond acceptors (Lipinski definition) is 5. The van der Waals surface area contributed by atoms with Gasteiger partial charge in [-0.05, 0) is 19.1 Å². The van der Waals surface area contributed by atoms with E-state index in [0.29, 0.717) is 11.9 Å². The van der Waals surface area contributed by atoms with E-state index in [-0.39, 0.29) is 17.3 Å². The number of alkyl halides is 3. The average molecular weight is 337 g/mol. The van der Waals surface area contributed by atoms with Gasteiger partial charge in [0.1, 0.15) is 6.33 Å². The highest BCUT2D eigenvalue weighted by Crippen LogP contribution is 2.28. The molecule has 0 spiro atoms. The second-order valence-electron chi connectivity index (χ2n) is 4.75. The molecule has 0 aliphatic heterocycles. The molecule has 3 rings (SSSR count). The van der Waals surface area contributed by atoms with E-state index in [1.54, 1.807) is 6.92 Å². The van der Waals surface area contributed by atoms with Gasteiger partial charge >= 0.3 is 6.18 Å². The van der Waals surface area contributed by atoms with Crippen LogP contribution in [0.4, 0.5) is 19.1 Å². The molecule has 124 valence electrons. The van der Waals surface area contributed by atoms with Gasteiger partial charge in [-0.3, -0.25) is 10.1 Å². The van der Waals surface area contributed by atoms with Crippen LogP contribution in [-0.2, 0) is 6.18 Å². The van der Waals surface area contributed by atoms with Crippen LogP contribution in [0.25, 0.3) is 5.82 Å². The summed E-state index contributed by atoms with van der Waals surface area (Å²) in [6, 6.07) is 2.08. The van der Waals surface area contributed by atoms with Crippen LogP contribution in [0, 0.1) is 6.92 Å². The van der Waals surface area contributed by atoms with Crippen molar-refractivity contribution in [3.63, 3.8) is 0 Å². The molecule has 8 nitrogen and oxygen atoms in total. The van der Waals surface area contributed by atoms with E-state index in [2.05, 4.69) is 30.6 Å². The zero-order valence-electron chi connectivity index (χ0n) is 12.2. The lowest BCUT2D eigenvalue weighted by Crippen LogP contribution is -2.14. The lowest BCUT2D eigenvalue weighted by atomic mass is 10.2. The summed E-state index contributed by atoms with van der Waals surface area (Å²) in [6.45, 7) is 1.60. The molecule has 0 aliphatic carbocycles. The third-order valence-electron chi connectivity index (χ3n) is 3.19. The SMILES string of the molecule is Cc1c(C(=O)Nc2ncn[nH]2)cnn1-c1ccc(C(F)(F)F)cn1. The third kappa shape index (κ3) is 2.95. The van der Waals surface area contributed by atoms with Gasteiger partial charge in [0, 0.05) is 6.20 Å². The quantitative estimate of drug-likeness (QED) is 0.761. The van der Waals surface area contributed by atoms with Crippen molar-refractivity contribution in [1.29, 1.82) is 0 Å². The van der Waals surface area contributed by atoms with Gasteiger partial charge in [-0.25, -0.2) is 14.8 Å². The fraction of sp³-hybridized carbons (Fsp3) is 0.154. The molecule has 0 unspecified atom stereocenters. The van der Waals surface area contributed by atoms with E-state index in [1.807, 2.05) is 0 Å².